The van der Waals surface area contributed by atoms with Crippen molar-refractivity contribution < 1.29 is 20.1 Å². The van der Waals surface area contributed by atoms with Gasteiger partial charge in [0.15, 0.2) is 0 Å². The maximum atomic E-state index is 4.52. The number of nitrogens with zero attached hydrogens (tertiary/aromatic N) is 5. The van der Waals surface area contributed by atoms with Gasteiger partial charge in [-0.15, -0.1) is 18.2 Å². The largest absolute Gasteiger partial charge is 0.373 e. The predicted molar refractivity (Wildman–Crippen MR) is 94.1 cm³/mol. The van der Waals surface area contributed by atoms with Gasteiger partial charge in [0.05, 0.1) is 17.8 Å². The van der Waals surface area contributed by atoms with Gasteiger partial charge in [0.1, 0.15) is 6.33 Å². The number of benzene rings is 2. The molecule has 4 rings (SSSR count). The van der Waals surface area contributed by atoms with Crippen LogP contribution in [0, 0.1) is 26.8 Å². The topological polar surface area (TPSA) is 48.5 Å². The first kappa shape index (κ1) is 17.5. The summed E-state index contributed by atoms with van der Waals surface area (Å²) in [5.74, 6) is 0.777. The molecule has 2 aromatic heterocycles. The molecule has 129 valence electrons. The first-order valence-electron chi connectivity index (χ1n) is 7.86. The van der Waals surface area contributed by atoms with Crippen molar-refractivity contribution in [1.82, 2.24) is 24.3 Å². The van der Waals surface area contributed by atoms with Crippen LogP contribution in [0.4, 0.5) is 0 Å². The molecule has 0 saturated carbocycles. The van der Waals surface area contributed by atoms with Crippen LogP contribution in [0.25, 0.3) is 28.1 Å². The van der Waals surface area contributed by atoms with Gasteiger partial charge in [-0.2, -0.15) is 5.10 Å². The molecule has 4 aromatic rings. The van der Waals surface area contributed by atoms with Crippen LogP contribution in [-0.2, 0) is 27.2 Å². The Morgan fingerprint density at radius 3 is 2.48 bits per heavy atom. The SMILES string of the molecule is Cc1cc(C)c(-n2ncnc2-c2[c-]ccc3ncn(C)c23)c(C)c1.[Ir]. The summed E-state index contributed by atoms with van der Waals surface area (Å²) in [4.78, 5) is 8.94. The molecule has 2 heterocycles. The van der Waals surface area contributed by atoms with Crippen molar-refractivity contribution >= 4 is 11.0 Å². The van der Waals surface area contributed by atoms with Crippen molar-refractivity contribution in [2.24, 2.45) is 7.05 Å². The standard InChI is InChI=1S/C19H18N5.Ir/c1-12-8-13(2)17(14(3)9-12)24-19(20-10-22-24)15-6-5-7-16-18(15)23(4)11-21-16;/h5,7-11H,1-4H3;/q-1;. The first-order valence-corrected chi connectivity index (χ1v) is 7.86. The average Bonchev–Trinajstić information content (AvgIpc) is 3.14. The minimum atomic E-state index is 0. The summed E-state index contributed by atoms with van der Waals surface area (Å²) in [6.07, 6.45) is 3.40. The molecule has 0 N–H and O–H groups in total. The summed E-state index contributed by atoms with van der Waals surface area (Å²) >= 11 is 0. The van der Waals surface area contributed by atoms with Crippen molar-refractivity contribution in [2.75, 3.05) is 0 Å². The summed E-state index contributed by atoms with van der Waals surface area (Å²) < 4.78 is 3.90. The Bertz CT molecular complexity index is 1040. The van der Waals surface area contributed by atoms with E-state index in [9.17, 15) is 0 Å². The van der Waals surface area contributed by atoms with E-state index in [1.807, 2.05) is 34.8 Å². The third kappa shape index (κ3) is 2.81. The maximum Gasteiger partial charge on any atom is 0.127 e. The van der Waals surface area contributed by atoms with E-state index in [0.717, 1.165) is 28.1 Å². The van der Waals surface area contributed by atoms with E-state index >= 15 is 0 Å². The van der Waals surface area contributed by atoms with Crippen molar-refractivity contribution in [2.45, 2.75) is 20.8 Å². The summed E-state index contributed by atoms with van der Waals surface area (Å²) in [5.41, 5.74) is 7.51. The monoisotopic (exact) mass is 509 g/mol. The normalized spacial score (nSPS) is 10.9. The summed E-state index contributed by atoms with van der Waals surface area (Å²) in [7, 11) is 1.98. The van der Waals surface area contributed by atoms with Crippen LogP contribution in [0.2, 0.25) is 0 Å². The Morgan fingerprint density at radius 2 is 1.76 bits per heavy atom. The number of hydrogen-bond acceptors (Lipinski definition) is 3. The van der Waals surface area contributed by atoms with Gasteiger partial charge >= 0.3 is 0 Å². The number of hydrogen-bond donors (Lipinski definition) is 0. The second-order valence-corrected chi connectivity index (χ2v) is 6.18. The summed E-state index contributed by atoms with van der Waals surface area (Å²) in [6, 6.07) is 11.5. The van der Waals surface area contributed by atoms with E-state index in [2.05, 4.69) is 54.0 Å². The molecule has 0 aliphatic heterocycles. The van der Waals surface area contributed by atoms with Gasteiger partial charge in [0.2, 0.25) is 0 Å². The molecule has 0 fully saturated rings. The van der Waals surface area contributed by atoms with E-state index in [1.165, 1.54) is 16.7 Å². The number of imidazole rings is 1. The Balaban J connectivity index is 0.00000182. The molecule has 1 radical (unpaired) electrons. The van der Waals surface area contributed by atoms with Crippen LogP contribution in [-0.4, -0.2) is 24.3 Å². The predicted octanol–water partition coefficient (Wildman–Crippen LogP) is 3.54. The smallest absolute Gasteiger partial charge is 0.127 e. The van der Waals surface area contributed by atoms with Crippen LogP contribution in [0.5, 0.6) is 0 Å². The zero-order chi connectivity index (χ0) is 16.8. The molecule has 25 heavy (non-hydrogen) atoms. The molecule has 0 saturated heterocycles. The Kier molecular flexibility index (Phi) is 4.58. The van der Waals surface area contributed by atoms with Crippen molar-refractivity contribution in [3.8, 4) is 17.1 Å². The first-order chi connectivity index (χ1) is 11.6. The molecule has 0 spiro atoms. The molecule has 0 amide bonds. The van der Waals surface area contributed by atoms with Gasteiger partial charge in [-0.1, -0.05) is 23.3 Å². The van der Waals surface area contributed by atoms with Crippen LogP contribution >= 0.6 is 0 Å². The third-order valence-corrected chi connectivity index (χ3v) is 4.29. The molecule has 0 bridgehead atoms. The number of fused-ring (bicyclic) bond motifs is 1. The van der Waals surface area contributed by atoms with Gasteiger partial charge < -0.3 is 4.57 Å². The van der Waals surface area contributed by atoms with Gasteiger partial charge in [0.25, 0.3) is 0 Å². The second-order valence-electron chi connectivity index (χ2n) is 6.18. The van der Waals surface area contributed by atoms with Gasteiger partial charge in [-0.3, -0.25) is 14.6 Å². The Labute approximate surface area is 160 Å². The third-order valence-electron chi connectivity index (χ3n) is 4.29. The summed E-state index contributed by atoms with van der Waals surface area (Å²) in [5, 5.41) is 4.49. The van der Waals surface area contributed by atoms with E-state index in [4.69, 9.17) is 0 Å². The molecule has 2 aromatic carbocycles. The van der Waals surface area contributed by atoms with Crippen LogP contribution in [0.3, 0.4) is 0 Å². The number of rotatable bonds is 2. The zero-order valence-electron chi connectivity index (χ0n) is 14.5. The molecule has 6 heteroatoms. The van der Waals surface area contributed by atoms with Crippen LogP contribution < -0.4 is 0 Å². The maximum absolute atomic E-state index is 4.52. The Morgan fingerprint density at radius 1 is 1.04 bits per heavy atom. The molecule has 0 aliphatic rings. The molecule has 0 unspecified atom stereocenters. The van der Waals surface area contributed by atoms with Crippen molar-refractivity contribution in [3.05, 3.63) is 59.7 Å². The summed E-state index contributed by atoms with van der Waals surface area (Å²) in [6.45, 7) is 6.32. The fraction of sp³-hybridized carbons (Fsp3) is 0.211. The van der Waals surface area contributed by atoms with E-state index in [-0.39, 0.29) is 20.1 Å². The average molecular weight is 509 g/mol. The molecule has 5 nitrogen and oxygen atoms in total. The fourth-order valence-electron chi connectivity index (χ4n) is 3.40. The quantitative estimate of drug-likeness (QED) is 0.389. The van der Waals surface area contributed by atoms with Gasteiger partial charge in [0, 0.05) is 32.7 Å². The van der Waals surface area contributed by atoms with Crippen molar-refractivity contribution in [1.29, 1.82) is 0 Å². The van der Waals surface area contributed by atoms with Gasteiger partial charge in [-0.25, -0.2) is 0 Å². The van der Waals surface area contributed by atoms with Crippen LogP contribution in [0.15, 0.2) is 36.9 Å². The number of aryl methyl sites for hydroxylation is 4. The minimum absolute atomic E-state index is 0. The molecular weight excluding hydrogens is 490 g/mol. The zero-order valence-corrected chi connectivity index (χ0v) is 16.9. The minimum Gasteiger partial charge on any atom is -0.373 e. The van der Waals surface area contributed by atoms with Crippen molar-refractivity contribution in [3.63, 3.8) is 0 Å². The van der Waals surface area contributed by atoms with Crippen LogP contribution in [0.1, 0.15) is 16.7 Å². The van der Waals surface area contributed by atoms with E-state index in [1.54, 1.807) is 6.33 Å². The second kappa shape index (κ2) is 6.54. The molecule has 0 aliphatic carbocycles. The molecular formula is C19H18IrN5-. The fourth-order valence-corrected chi connectivity index (χ4v) is 3.40. The van der Waals surface area contributed by atoms with E-state index in [0.29, 0.717) is 0 Å². The van der Waals surface area contributed by atoms with E-state index < -0.39 is 0 Å². The van der Waals surface area contributed by atoms with Gasteiger partial charge in [-0.05, 0) is 37.4 Å². The molecule has 0 atom stereocenters. The Hall–Kier alpha value is -2.30. The number of aromatic nitrogens is 5.